The molecule has 166 valence electrons. The number of hydrogen-bond acceptors (Lipinski definition) is 4. The normalized spacial score (nSPS) is 43.7. The lowest BCUT2D eigenvalue weighted by Gasteiger charge is -2.44. The van der Waals surface area contributed by atoms with E-state index >= 15 is 0 Å². The Bertz CT molecular complexity index is 528. The maximum absolute atomic E-state index is 12.3. The number of nitrogens with one attached hydrogen (secondary N) is 1. The highest BCUT2D eigenvalue weighted by molar-refractivity contribution is 6.20. The molecule has 0 spiro atoms. The number of fused-ring (bicyclic) bond motifs is 1. The smallest absolute Gasteiger partial charge is 0.140 e. The molecule has 0 bridgehead atoms. The summed E-state index contributed by atoms with van der Waals surface area (Å²) in [7, 11) is 0. The van der Waals surface area contributed by atoms with E-state index < -0.39 is 0 Å². The van der Waals surface area contributed by atoms with Crippen LogP contribution in [0.2, 0.25) is 0 Å². The molecule has 4 nitrogen and oxygen atoms in total. The minimum Gasteiger partial charge on any atom is -0.378 e. The Kier molecular flexibility index (Phi) is 7.93. The highest BCUT2D eigenvalue weighted by Gasteiger charge is 2.43. The molecule has 1 saturated heterocycles. The topological polar surface area (TPSA) is 47.6 Å². The third-order valence-corrected chi connectivity index (χ3v) is 8.59. The molecule has 1 heterocycles. The van der Waals surface area contributed by atoms with Crippen molar-refractivity contribution in [3.63, 3.8) is 0 Å². The van der Waals surface area contributed by atoms with Crippen molar-refractivity contribution in [1.82, 2.24) is 5.32 Å². The van der Waals surface area contributed by atoms with Gasteiger partial charge in [-0.25, -0.2) is 0 Å². The van der Waals surface area contributed by atoms with E-state index in [4.69, 9.17) is 21.1 Å². The molecule has 1 N–H and O–H groups in total. The van der Waals surface area contributed by atoms with Crippen molar-refractivity contribution in [3.05, 3.63) is 0 Å². The van der Waals surface area contributed by atoms with Crippen LogP contribution >= 0.6 is 11.6 Å². The molecule has 4 aliphatic rings. The van der Waals surface area contributed by atoms with Crippen LogP contribution in [0.4, 0.5) is 0 Å². The van der Waals surface area contributed by atoms with Crippen molar-refractivity contribution in [3.8, 4) is 0 Å². The number of hydrogen-bond donors (Lipinski definition) is 1. The van der Waals surface area contributed by atoms with Gasteiger partial charge < -0.3 is 14.8 Å². The zero-order chi connectivity index (χ0) is 20.2. The van der Waals surface area contributed by atoms with Crippen molar-refractivity contribution >= 4 is 17.4 Å². The molecule has 0 aromatic carbocycles. The van der Waals surface area contributed by atoms with Gasteiger partial charge in [0, 0.05) is 30.4 Å². The van der Waals surface area contributed by atoms with Gasteiger partial charge in [-0.3, -0.25) is 4.79 Å². The standard InChI is InChI=1S/C24H40ClNO3/c1-16-2-11-21-22(27)12-13-28-24(21)23(16)26-14-17-5-9-20(10-6-17)29-15-18-3-7-19(25)8-4-18/h16-21,23-24,26H,2-15H2,1H3. The van der Waals surface area contributed by atoms with Gasteiger partial charge in [0.25, 0.3) is 0 Å². The maximum atomic E-state index is 12.3. The van der Waals surface area contributed by atoms with Gasteiger partial charge in [0.15, 0.2) is 0 Å². The summed E-state index contributed by atoms with van der Waals surface area (Å²) in [6.07, 6.45) is 13.0. The number of ether oxygens (including phenoxy) is 2. The lowest BCUT2D eigenvalue weighted by Crippen LogP contribution is -2.56. The molecule has 0 radical (unpaired) electrons. The highest BCUT2D eigenvalue weighted by Crippen LogP contribution is 2.36. The molecule has 4 rings (SSSR count). The Labute approximate surface area is 181 Å². The zero-order valence-corrected chi connectivity index (χ0v) is 18.9. The number of carbonyl (C=O) groups is 1. The maximum Gasteiger partial charge on any atom is 0.140 e. The fourth-order valence-electron chi connectivity index (χ4n) is 6.09. The van der Waals surface area contributed by atoms with E-state index in [1.54, 1.807) is 0 Å². The van der Waals surface area contributed by atoms with Crippen LogP contribution in [0.5, 0.6) is 0 Å². The lowest BCUT2D eigenvalue weighted by molar-refractivity contribution is -0.145. The fraction of sp³-hybridized carbons (Fsp3) is 0.958. The summed E-state index contributed by atoms with van der Waals surface area (Å²) in [5, 5.41) is 4.23. The fourth-order valence-corrected chi connectivity index (χ4v) is 6.34. The number of alkyl halides is 1. The summed E-state index contributed by atoms with van der Waals surface area (Å²) in [6.45, 7) is 4.92. The van der Waals surface area contributed by atoms with Gasteiger partial charge in [-0.15, -0.1) is 11.6 Å². The zero-order valence-electron chi connectivity index (χ0n) is 18.1. The van der Waals surface area contributed by atoms with Crippen molar-refractivity contribution in [2.75, 3.05) is 19.8 Å². The molecule has 3 aliphatic carbocycles. The first kappa shape index (κ1) is 22.0. The quantitative estimate of drug-likeness (QED) is 0.625. The lowest BCUT2D eigenvalue weighted by atomic mass is 9.73. The third-order valence-electron chi connectivity index (χ3n) is 8.15. The summed E-state index contributed by atoms with van der Waals surface area (Å²) in [6, 6.07) is 0.337. The molecule has 29 heavy (non-hydrogen) atoms. The average Bonchev–Trinajstić information content (AvgIpc) is 2.74. The van der Waals surface area contributed by atoms with Crippen molar-refractivity contribution < 1.29 is 14.3 Å². The van der Waals surface area contributed by atoms with E-state index in [0.717, 1.165) is 50.7 Å². The number of Topliss-reactive ketones (excluding diaryl/α,β-unsaturated/α-hetero) is 1. The Balaban J connectivity index is 1.16. The minimum absolute atomic E-state index is 0.0998. The average molecular weight is 426 g/mol. The van der Waals surface area contributed by atoms with Crippen LogP contribution in [-0.2, 0) is 14.3 Å². The second-order valence-electron chi connectivity index (χ2n) is 10.2. The van der Waals surface area contributed by atoms with Gasteiger partial charge >= 0.3 is 0 Å². The van der Waals surface area contributed by atoms with Gasteiger partial charge in [-0.1, -0.05) is 6.92 Å². The predicted octanol–water partition coefficient (Wildman–Crippen LogP) is 4.72. The van der Waals surface area contributed by atoms with Crippen LogP contribution in [0.15, 0.2) is 0 Å². The Morgan fingerprint density at radius 3 is 2.48 bits per heavy atom. The number of halogens is 1. The molecule has 0 amide bonds. The molecule has 4 atom stereocenters. The first-order valence-electron chi connectivity index (χ1n) is 12.2. The summed E-state index contributed by atoms with van der Waals surface area (Å²) < 4.78 is 12.4. The molecule has 4 fully saturated rings. The Morgan fingerprint density at radius 2 is 1.72 bits per heavy atom. The number of rotatable bonds is 6. The summed E-state index contributed by atoms with van der Waals surface area (Å²) in [4.78, 5) is 12.3. The van der Waals surface area contributed by atoms with Crippen molar-refractivity contribution in [1.29, 1.82) is 0 Å². The van der Waals surface area contributed by atoms with Crippen LogP contribution in [0, 0.1) is 23.7 Å². The van der Waals surface area contributed by atoms with Crippen molar-refractivity contribution in [2.24, 2.45) is 23.7 Å². The number of carbonyl (C=O) groups excluding carboxylic acids is 1. The first-order valence-corrected chi connectivity index (χ1v) is 12.7. The van der Waals surface area contributed by atoms with E-state index in [0.29, 0.717) is 42.3 Å². The van der Waals surface area contributed by atoms with Crippen LogP contribution < -0.4 is 5.32 Å². The monoisotopic (exact) mass is 425 g/mol. The summed E-state index contributed by atoms with van der Waals surface area (Å²) >= 11 is 6.22. The first-order chi connectivity index (χ1) is 14.1. The summed E-state index contributed by atoms with van der Waals surface area (Å²) in [5.41, 5.74) is 0. The van der Waals surface area contributed by atoms with E-state index in [2.05, 4.69) is 12.2 Å². The summed E-state index contributed by atoms with van der Waals surface area (Å²) in [5.74, 6) is 2.61. The van der Waals surface area contributed by atoms with E-state index in [1.807, 2.05) is 0 Å². The van der Waals surface area contributed by atoms with Gasteiger partial charge in [-0.2, -0.15) is 0 Å². The highest BCUT2D eigenvalue weighted by atomic mass is 35.5. The Morgan fingerprint density at radius 1 is 1.00 bits per heavy atom. The molecule has 0 aromatic rings. The minimum atomic E-state index is 0.0998. The van der Waals surface area contributed by atoms with Gasteiger partial charge in [0.1, 0.15) is 5.78 Å². The van der Waals surface area contributed by atoms with E-state index in [9.17, 15) is 4.79 Å². The molecule has 4 unspecified atom stereocenters. The van der Waals surface area contributed by atoms with E-state index in [1.165, 1.54) is 38.5 Å². The molecule has 3 saturated carbocycles. The molecular formula is C24H40ClNO3. The van der Waals surface area contributed by atoms with Gasteiger partial charge in [0.2, 0.25) is 0 Å². The second-order valence-corrected chi connectivity index (χ2v) is 10.9. The third kappa shape index (κ3) is 5.75. The van der Waals surface area contributed by atoms with Gasteiger partial charge in [0.05, 0.1) is 18.8 Å². The molecule has 0 aromatic heterocycles. The predicted molar refractivity (Wildman–Crippen MR) is 116 cm³/mol. The number of ketones is 1. The van der Waals surface area contributed by atoms with Crippen LogP contribution in [0.25, 0.3) is 0 Å². The van der Waals surface area contributed by atoms with Crippen molar-refractivity contribution in [2.45, 2.75) is 101 Å². The van der Waals surface area contributed by atoms with Crippen LogP contribution in [0.1, 0.15) is 77.6 Å². The molecule has 5 heteroatoms. The van der Waals surface area contributed by atoms with Gasteiger partial charge in [-0.05, 0) is 88.5 Å². The Hall–Kier alpha value is -0.160. The second kappa shape index (κ2) is 10.4. The SMILES string of the molecule is CC1CCC2C(=O)CCOC2C1NCC1CCC(OCC2CCC(Cl)CC2)CC1. The molecular weight excluding hydrogens is 386 g/mol. The van der Waals surface area contributed by atoms with Crippen LogP contribution in [0.3, 0.4) is 0 Å². The van der Waals surface area contributed by atoms with Crippen LogP contribution in [-0.4, -0.2) is 49.2 Å². The molecule has 1 aliphatic heterocycles. The largest absolute Gasteiger partial charge is 0.378 e. The van der Waals surface area contributed by atoms with E-state index in [-0.39, 0.29) is 12.0 Å².